The van der Waals surface area contributed by atoms with Crippen molar-refractivity contribution in [3.63, 3.8) is 0 Å². The van der Waals surface area contributed by atoms with Gasteiger partial charge in [0.25, 0.3) is 5.91 Å². The second kappa shape index (κ2) is 4.77. The van der Waals surface area contributed by atoms with E-state index in [0.717, 1.165) is 13.1 Å². The van der Waals surface area contributed by atoms with Gasteiger partial charge in [0.1, 0.15) is 0 Å². The van der Waals surface area contributed by atoms with Gasteiger partial charge in [-0.05, 0) is 7.05 Å². The number of carboxylic acids is 1. The van der Waals surface area contributed by atoms with E-state index < -0.39 is 5.97 Å². The second-order valence-electron chi connectivity index (χ2n) is 4.47. The Labute approximate surface area is 105 Å². The maximum absolute atomic E-state index is 12.2. The van der Waals surface area contributed by atoms with Gasteiger partial charge in [-0.15, -0.1) is 0 Å². The molecular weight excluding hydrogens is 236 g/mol. The fraction of sp³-hybridized carbons (Fsp3) is 0.545. The standard InChI is InChI=1S/C11H16N4O3/c1-13-3-5-15(6-4-13)10(16)8-7-14(2)12-9(8)11(17)18/h7H,3-6H2,1-2H3,(H,17,18). The molecule has 1 aromatic rings. The van der Waals surface area contributed by atoms with Crippen LogP contribution in [0.1, 0.15) is 20.8 Å². The molecule has 2 heterocycles. The highest BCUT2D eigenvalue weighted by molar-refractivity contribution is 6.03. The highest BCUT2D eigenvalue weighted by Gasteiger charge is 2.26. The predicted octanol–water partition coefficient (Wildman–Crippen LogP) is -0.494. The van der Waals surface area contributed by atoms with Gasteiger partial charge in [-0.1, -0.05) is 0 Å². The number of rotatable bonds is 2. The molecule has 1 aliphatic rings. The van der Waals surface area contributed by atoms with Crippen molar-refractivity contribution < 1.29 is 14.7 Å². The first-order valence-electron chi connectivity index (χ1n) is 5.74. The van der Waals surface area contributed by atoms with Crippen LogP contribution in [0.5, 0.6) is 0 Å². The van der Waals surface area contributed by atoms with Crippen LogP contribution in [0.25, 0.3) is 0 Å². The van der Waals surface area contributed by atoms with Gasteiger partial charge in [0, 0.05) is 39.4 Å². The molecular formula is C11H16N4O3. The SMILES string of the molecule is CN1CCN(C(=O)c2cn(C)nc2C(=O)O)CC1. The molecule has 7 nitrogen and oxygen atoms in total. The summed E-state index contributed by atoms with van der Waals surface area (Å²) in [6.45, 7) is 2.83. The number of carbonyl (C=O) groups excluding carboxylic acids is 1. The molecule has 0 bridgehead atoms. The zero-order valence-electron chi connectivity index (χ0n) is 10.5. The van der Waals surface area contributed by atoms with Crippen LogP contribution in [0.2, 0.25) is 0 Å². The summed E-state index contributed by atoms with van der Waals surface area (Å²) in [6.07, 6.45) is 1.46. The number of aryl methyl sites for hydroxylation is 1. The number of aromatic nitrogens is 2. The molecule has 2 rings (SSSR count). The minimum Gasteiger partial charge on any atom is -0.476 e. The summed E-state index contributed by atoms with van der Waals surface area (Å²) in [5.41, 5.74) is -0.0176. The summed E-state index contributed by atoms with van der Waals surface area (Å²) in [5, 5.41) is 12.8. The lowest BCUT2D eigenvalue weighted by molar-refractivity contribution is 0.0633. The molecule has 0 aliphatic carbocycles. The Bertz CT molecular complexity index is 475. The molecule has 0 unspecified atom stereocenters. The Morgan fingerprint density at radius 1 is 1.22 bits per heavy atom. The number of hydrogen-bond donors (Lipinski definition) is 1. The van der Waals surface area contributed by atoms with Crippen molar-refractivity contribution in [1.29, 1.82) is 0 Å². The molecule has 0 atom stereocenters. The summed E-state index contributed by atoms with van der Waals surface area (Å²) in [7, 11) is 3.60. The van der Waals surface area contributed by atoms with Gasteiger partial charge < -0.3 is 14.9 Å². The molecule has 18 heavy (non-hydrogen) atoms. The van der Waals surface area contributed by atoms with Crippen LogP contribution >= 0.6 is 0 Å². The van der Waals surface area contributed by atoms with Gasteiger partial charge in [0.15, 0.2) is 5.69 Å². The molecule has 1 aromatic heterocycles. The smallest absolute Gasteiger partial charge is 0.357 e. The fourth-order valence-corrected chi connectivity index (χ4v) is 1.98. The second-order valence-corrected chi connectivity index (χ2v) is 4.47. The lowest BCUT2D eigenvalue weighted by Crippen LogP contribution is -2.47. The summed E-state index contributed by atoms with van der Waals surface area (Å²) in [5.74, 6) is -1.43. The third-order valence-electron chi connectivity index (χ3n) is 3.05. The van der Waals surface area contributed by atoms with Crippen LogP contribution in [-0.4, -0.2) is 69.8 Å². The summed E-state index contributed by atoms with van der Waals surface area (Å²) in [6, 6.07) is 0. The lowest BCUT2D eigenvalue weighted by atomic mass is 10.2. The van der Waals surface area contributed by atoms with E-state index in [1.54, 1.807) is 11.9 Å². The van der Waals surface area contributed by atoms with Crippen molar-refractivity contribution in [3.05, 3.63) is 17.5 Å². The maximum Gasteiger partial charge on any atom is 0.357 e. The Morgan fingerprint density at radius 2 is 1.83 bits per heavy atom. The minimum absolute atomic E-state index is 0.162. The number of nitrogens with zero attached hydrogens (tertiary/aromatic N) is 4. The van der Waals surface area contributed by atoms with Gasteiger partial charge in [-0.2, -0.15) is 5.10 Å². The first kappa shape index (κ1) is 12.6. The molecule has 98 valence electrons. The fourth-order valence-electron chi connectivity index (χ4n) is 1.98. The van der Waals surface area contributed by atoms with E-state index in [2.05, 4.69) is 10.00 Å². The first-order chi connectivity index (χ1) is 8.49. The van der Waals surface area contributed by atoms with Crippen molar-refractivity contribution in [2.24, 2.45) is 7.05 Å². The van der Waals surface area contributed by atoms with Crippen LogP contribution in [-0.2, 0) is 7.05 Å². The normalized spacial score (nSPS) is 16.9. The van der Waals surface area contributed by atoms with Gasteiger partial charge in [-0.25, -0.2) is 4.79 Å². The maximum atomic E-state index is 12.2. The molecule has 0 aromatic carbocycles. The minimum atomic E-state index is -1.17. The molecule has 1 N–H and O–H groups in total. The van der Waals surface area contributed by atoms with Gasteiger partial charge >= 0.3 is 5.97 Å². The quantitative estimate of drug-likeness (QED) is 0.768. The Balaban J connectivity index is 2.21. The number of carbonyl (C=O) groups is 2. The van der Waals surface area contributed by atoms with Crippen LogP contribution in [0.4, 0.5) is 0 Å². The van der Waals surface area contributed by atoms with Crippen molar-refractivity contribution in [1.82, 2.24) is 19.6 Å². The van der Waals surface area contributed by atoms with E-state index in [0.29, 0.717) is 13.1 Å². The highest BCUT2D eigenvalue weighted by Crippen LogP contribution is 2.12. The van der Waals surface area contributed by atoms with Crippen molar-refractivity contribution in [3.8, 4) is 0 Å². The van der Waals surface area contributed by atoms with Crippen LogP contribution in [0, 0.1) is 0 Å². The summed E-state index contributed by atoms with van der Waals surface area (Å²) < 4.78 is 1.35. The van der Waals surface area contributed by atoms with E-state index in [1.165, 1.54) is 10.9 Å². The lowest BCUT2D eigenvalue weighted by Gasteiger charge is -2.32. The first-order valence-corrected chi connectivity index (χ1v) is 5.74. The zero-order valence-corrected chi connectivity index (χ0v) is 10.5. The average Bonchev–Trinajstić information content (AvgIpc) is 2.71. The molecule has 1 aliphatic heterocycles. The van der Waals surface area contributed by atoms with E-state index in [-0.39, 0.29) is 17.2 Å². The summed E-state index contributed by atoms with van der Waals surface area (Å²) in [4.78, 5) is 27.1. The van der Waals surface area contributed by atoms with Gasteiger partial charge in [0.2, 0.25) is 0 Å². The Kier molecular flexibility index (Phi) is 3.33. The summed E-state index contributed by atoms with van der Waals surface area (Å²) >= 11 is 0. The predicted molar refractivity (Wildman–Crippen MR) is 63.6 cm³/mol. The Hall–Kier alpha value is -1.89. The topological polar surface area (TPSA) is 78.7 Å². The molecule has 0 radical (unpaired) electrons. The van der Waals surface area contributed by atoms with E-state index >= 15 is 0 Å². The van der Waals surface area contributed by atoms with E-state index in [9.17, 15) is 9.59 Å². The molecule has 1 fully saturated rings. The molecule has 0 spiro atoms. The van der Waals surface area contributed by atoms with Crippen LogP contribution < -0.4 is 0 Å². The van der Waals surface area contributed by atoms with E-state index in [1.807, 2.05) is 7.05 Å². The number of likely N-dealkylation sites (N-methyl/N-ethyl adjacent to an activating group) is 1. The number of carboxylic acid groups (broad SMARTS) is 1. The average molecular weight is 252 g/mol. The molecule has 1 saturated heterocycles. The monoisotopic (exact) mass is 252 g/mol. The third kappa shape index (κ3) is 2.35. The van der Waals surface area contributed by atoms with Crippen LogP contribution in [0.3, 0.4) is 0 Å². The molecule has 1 amide bonds. The number of hydrogen-bond acceptors (Lipinski definition) is 4. The zero-order chi connectivity index (χ0) is 13.3. The van der Waals surface area contributed by atoms with Crippen LogP contribution in [0.15, 0.2) is 6.20 Å². The van der Waals surface area contributed by atoms with E-state index in [4.69, 9.17) is 5.11 Å². The van der Waals surface area contributed by atoms with Gasteiger partial charge in [-0.3, -0.25) is 9.48 Å². The van der Waals surface area contributed by atoms with Gasteiger partial charge in [0.05, 0.1) is 5.56 Å². The van der Waals surface area contributed by atoms with Crippen molar-refractivity contribution >= 4 is 11.9 Å². The number of aromatic carboxylic acids is 1. The highest BCUT2D eigenvalue weighted by atomic mass is 16.4. The largest absolute Gasteiger partial charge is 0.476 e. The Morgan fingerprint density at radius 3 is 2.39 bits per heavy atom. The van der Waals surface area contributed by atoms with Crippen molar-refractivity contribution in [2.75, 3.05) is 33.2 Å². The molecule has 0 saturated carbocycles. The molecule has 7 heteroatoms. The van der Waals surface area contributed by atoms with Crippen molar-refractivity contribution in [2.45, 2.75) is 0 Å². The number of amides is 1. The third-order valence-corrected chi connectivity index (χ3v) is 3.05. The number of piperazine rings is 1.